The highest BCUT2D eigenvalue weighted by molar-refractivity contribution is 5.68. The average Bonchev–Trinajstić information content (AvgIpc) is 2.38. The molecule has 2 rings (SSSR count). The summed E-state index contributed by atoms with van der Waals surface area (Å²) in [7, 11) is 0. The molecule has 0 saturated carbocycles. The van der Waals surface area contributed by atoms with Crippen LogP contribution < -0.4 is 0 Å². The van der Waals surface area contributed by atoms with Crippen molar-refractivity contribution < 1.29 is 9.90 Å². The molecule has 0 aliphatic rings. The van der Waals surface area contributed by atoms with Gasteiger partial charge in [-0.15, -0.1) is 0 Å². The van der Waals surface area contributed by atoms with Crippen molar-refractivity contribution >= 4 is 5.97 Å². The van der Waals surface area contributed by atoms with Gasteiger partial charge in [0.2, 0.25) is 0 Å². The molecular weight excluding hydrogens is 228 g/mol. The van der Waals surface area contributed by atoms with Crippen LogP contribution in [0.15, 0.2) is 36.8 Å². The monoisotopic (exact) mass is 242 g/mol. The van der Waals surface area contributed by atoms with Gasteiger partial charge in [0.15, 0.2) is 0 Å². The van der Waals surface area contributed by atoms with E-state index in [1.165, 1.54) is 11.9 Å². The summed E-state index contributed by atoms with van der Waals surface area (Å²) in [5.41, 5.74) is 3.85. The van der Waals surface area contributed by atoms with Gasteiger partial charge in [0.05, 0.1) is 5.69 Å². The van der Waals surface area contributed by atoms with E-state index in [1.54, 1.807) is 6.20 Å². The Hall–Kier alpha value is -2.23. The van der Waals surface area contributed by atoms with E-state index in [-0.39, 0.29) is 6.42 Å². The van der Waals surface area contributed by atoms with Crippen molar-refractivity contribution in [2.75, 3.05) is 0 Å². The molecular formula is C14H14N2O2. The Bertz CT molecular complexity index is 550. The molecule has 0 atom stereocenters. The first kappa shape index (κ1) is 12.2. The fourth-order valence-electron chi connectivity index (χ4n) is 1.75. The molecule has 0 aliphatic heterocycles. The van der Waals surface area contributed by atoms with Crippen molar-refractivity contribution in [1.29, 1.82) is 0 Å². The van der Waals surface area contributed by atoms with Crippen LogP contribution in [0.1, 0.15) is 17.5 Å². The summed E-state index contributed by atoms with van der Waals surface area (Å²) in [6, 6.07) is 8.00. The number of rotatable bonds is 4. The summed E-state index contributed by atoms with van der Waals surface area (Å²) in [5.74, 6) is -0.811. The molecule has 1 aromatic carbocycles. The normalized spacial score (nSPS) is 10.3. The Balaban J connectivity index is 2.32. The number of aryl methyl sites for hydroxylation is 2. The standard InChI is InChI=1S/C14H14N2O2/c1-10-2-4-11(5-3-10)14-12(6-7-13(17)18)8-15-9-16-14/h2-5,8-9H,6-7H2,1H3,(H,17,18). The summed E-state index contributed by atoms with van der Waals surface area (Å²) in [5, 5.41) is 8.73. The molecule has 0 unspecified atom stereocenters. The highest BCUT2D eigenvalue weighted by Crippen LogP contribution is 2.21. The largest absolute Gasteiger partial charge is 0.481 e. The van der Waals surface area contributed by atoms with E-state index >= 15 is 0 Å². The minimum Gasteiger partial charge on any atom is -0.481 e. The predicted molar refractivity (Wildman–Crippen MR) is 68.2 cm³/mol. The van der Waals surface area contributed by atoms with Gasteiger partial charge in [-0.25, -0.2) is 9.97 Å². The van der Waals surface area contributed by atoms with Crippen LogP contribution in [0.5, 0.6) is 0 Å². The smallest absolute Gasteiger partial charge is 0.303 e. The molecule has 4 nitrogen and oxygen atoms in total. The van der Waals surface area contributed by atoms with Crippen LogP contribution in [0, 0.1) is 6.92 Å². The van der Waals surface area contributed by atoms with Crippen LogP contribution in [0.25, 0.3) is 11.3 Å². The maximum absolute atomic E-state index is 10.6. The minimum atomic E-state index is -0.811. The maximum Gasteiger partial charge on any atom is 0.303 e. The number of carbonyl (C=O) groups is 1. The Morgan fingerprint density at radius 2 is 2.00 bits per heavy atom. The van der Waals surface area contributed by atoms with Gasteiger partial charge in [0.1, 0.15) is 6.33 Å². The molecule has 0 aliphatic carbocycles. The van der Waals surface area contributed by atoms with Gasteiger partial charge in [0.25, 0.3) is 0 Å². The van der Waals surface area contributed by atoms with Gasteiger partial charge >= 0.3 is 5.97 Å². The Labute approximate surface area is 105 Å². The highest BCUT2D eigenvalue weighted by Gasteiger charge is 2.08. The lowest BCUT2D eigenvalue weighted by molar-refractivity contribution is -0.136. The van der Waals surface area contributed by atoms with Gasteiger partial charge in [-0.1, -0.05) is 29.8 Å². The van der Waals surface area contributed by atoms with Crippen LogP contribution >= 0.6 is 0 Å². The van der Waals surface area contributed by atoms with Gasteiger partial charge in [0, 0.05) is 18.2 Å². The molecule has 0 spiro atoms. The number of hydrogen-bond donors (Lipinski definition) is 1. The molecule has 0 fully saturated rings. The van der Waals surface area contributed by atoms with E-state index in [4.69, 9.17) is 5.11 Å². The first-order valence-corrected chi connectivity index (χ1v) is 5.74. The second-order valence-electron chi connectivity index (χ2n) is 4.16. The predicted octanol–water partition coefficient (Wildman–Crippen LogP) is 2.47. The Morgan fingerprint density at radius 3 is 2.67 bits per heavy atom. The summed E-state index contributed by atoms with van der Waals surface area (Å²) < 4.78 is 0. The summed E-state index contributed by atoms with van der Waals surface area (Å²) in [6.07, 6.45) is 3.70. The molecule has 0 saturated heterocycles. The van der Waals surface area contributed by atoms with Crippen LogP contribution in [0.3, 0.4) is 0 Å². The van der Waals surface area contributed by atoms with Crippen LogP contribution in [0.4, 0.5) is 0 Å². The second kappa shape index (κ2) is 5.40. The fraction of sp³-hybridized carbons (Fsp3) is 0.214. The van der Waals surface area contributed by atoms with E-state index in [0.29, 0.717) is 6.42 Å². The van der Waals surface area contributed by atoms with E-state index < -0.39 is 5.97 Å². The first-order chi connectivity index (χ1) is 8.66. The Kier molecular flexibility index (Phi) is 3.67. The number of aliphatic carboxylic acids is 1. The maximum atomic E-state index is 10.6. The molecule has 1 aromatic heterocycles. The summed E-state index contributed by atoms with van der Waals surface area (Å²) >= 11 is 0. The van der Waals surface area contributed by atoms with Crippen molar-refractivity contribution in [1.82, 2.24) is 9.97 Å². The molecule has 1 heterocycles. The molecule has 0 radical (unpaired) electrons. The molecule has 1 N–H and O–H groups in total. The van der Waals surface area contributed by atoms with Gasteiger partial charge in [-0.2, -0.15) is 0 Å². The van der Waals surface area contributed by atoms with E-state index in [1.807, 2.05) is 31.2 Å². The van der Waals surface area contributed by atoms with Crippen molar-refractivity contribution in [3.63, 3.8) is 0 Å². The van der Waals surface area contributed by atoms with Crippen molar-refractivity contribution in [2.24, 2.45) is 0 Å². The lowest BCUT2D eigenvalue weighted by atomic mass is 10.0. The van der Waals surface area contributed by atoms with E-state index in [2.05, 4.69) is 9.97 Å². The van der Waals surface area contributed by atoms with Crippen molar-refractivity contribution in [3.8, 4) is 11.3 Å². The first-order valence-electron chi connectivity index (χ1n) is 5.74. The van der Waals surface area contributed by atoms with E-state index in [9.17, 15) is 4.79 Å². The number of carboxylic acid groups (broad SMARTS) is 1. The number of benzene rings is 1. The zero-order chi connectivity index (χ0) is 13.0. The SMILES string of the molecule is Cc1ccc(-c2ncncc2CCC(=O)O)cc1. The Morgan fingerprint density at radius 1 is 1.28 bits per heavy atom. The number of hydrogen-bond acceptors (Lipinski definition) is 3. The van der Waals surface area contributed by atoms with Crippen molar-refractivity contribution in [2.45, 2.75) is 19.8 Å². The summed E-state index contributed by atoms with van der Waals surface area (Å²) in [6.45, 7) is 2.02. The van der Waals surface area contributed by atoms with Gasteiger partial charge in [-0.3, -0.25) is 4.79 Å². The van der Waals surface area contributed by atoms with Gasteiger partial charge < -0.3 is 5.11 Å². The lowest BCUT2D eigenvalue weighted by Gasteiger charge is -2.07. The van der Waals surface area contributed by atoms with Crippen molar-refractivity contribution in [3.05, 3.63) is 47.9 Å². The highest BCUT2D eigenvalue weighted by atomic mass is 16.4. The van der Waals surface area contributed by atoms with Crippen LogP contribution in [-0.2, 0) is 11.2 Å². The zero-order valence-electron chi connectivity index (χ0n) is 10.1. The molecule has 0 amide bonds. The molecule has 18 heavy (non-hydrogen) atoms. The summed E-state index contributed by atoms with van der Waals surface area (Å²) in [4.78, 5) is 18.8. The quantitative estimate of drug-likeness (QED) is 0.894. The second-order valence-corrected chi connectivity index (χ2v) is 4.16. The topological polar surface area (TPSA) is 63.1 Å². The zero-order valence-corrected chi connectivity index (χ0v) is 10.1. The number of carboxylic acids is 1. The molecule has 4 heteroatoms. The van der Waals surface area contributed by atoms with Gasteiger partial charge in [-0.05, 0) is 18.9 Å². The average molecular weight is 242 g/mol. The van der Waals surface area contributed by atoms with E-state index in [0.717, 1.165) is 16.8 Å². The molecule has 92 valence electrons. The third-order valence-electron chi connectivity index (χ3n) is 2.72. The molecule has 0 bridgehead atoms. The number of nitrogens with zero attached hydrogens (tertiary/aromatic N) is 2. The number of aromatic nitrogens is 2. The third kappa shape index (κ3) is 2.91. The third-order valence-corrected chi connectivity index (χ3v) is 2.72. The molecule has 2 aromatic rings. The lowest BCUT2D eigenvalue weighted by Crippen LogP contribution is -2.01. The minimum absolute atomic E-state index is 0.0895. The van der Waals surface area contributed by atoms with Crippen LogP contribution in [0.2, 0.25) is 0 Å². The fourth-order valence-corrected chi connectivity index (χ4v) is 1.75. The van der Waals surface area contributed by atoms with Crippen LogP contribution in [-0.4, -0.2) is 21.0 Å².